The lowest BCUT2D eigenvalue weighted by Crippen LogP contribution is -2.30. The van der Waals surface area contributed by atoms with Crippen LogP contribution in [-0.2, 0) is 0 Å². The molecule has 1 aliphatic rings. The van der Waals surface area contributed by atoms with Crippen LogP contribution in [0.3, 0.4) is 0 Å². The first kappa shape index (κ1) is 7.07. The van der Waals surface area contributed by atoms with Crippen molar-refractivity contribution in [3.8, 4) is 0 Å². The van der Waals surface area contributed by atoms with Crippen LogP contribution in [0.4, 0.5) is 0 Å². The molecule has 0 aliphatic carbocycles. The Kier molecular flexibility index (Phi) is 1.80. The Morgan fingerprint density at radius 3 is 2.22 bits per heavy atom. The van der Waals surface area contributed by atoms with Gasteiger partial charge in [0.05, 0.1) is 0 Å². The van der Waals surface area contributed by atoms with E-state index < -0.39 is 0 Å². The first-order valence-electron chi connectivity index (χ1n) is 3.77. The second-order valence-electron chi connectivity index (χ2n) is 3.93. The molecule has 0 saturated carbocycles. The average molecular weight is 126 g/mol. The third-order valence-corrected chi connectivity index (χ3v) is 1.98. The van der Waals surface area contributed by atoms with Gasteiger partial charge in [0, 0.05) is 12.6 Å². The van der Waals surface area contributed by atoms with Crippen molar-refractivity contribution in [2.45, 2.75) is 39.7 Å². The summed E-state index contributed by atoms with van der Waals surface area (Å²) in [7, 11) is 0. The van der Waals surface area contributed by atoms with E-state index in [1.165, 1.54) is 12.8 Å². The molecule has 1 heteroatoms. The van der Waals surface area contributed by atoms with E-state index in [0.717, 1.165) is 6.54 Å². The highest BCUT2D eigenvalue weighted by Crippen LogP contribution is 2.26. The van der Waals surface area contributed by atoms with Crippen LogP contribution < -0.4 is 5.32 Å². The predicted molar refractivity (Wildman–Crippen MR) is 39.5 cm³/mol. The van der Waals surface area contributed by atoms with Crippen LogP contribution in [0.5, 0.6) is 0 Å². The number of rotatable bonds is 0. The molecule has 1 fully saturated rings. The SMILES string of the molecule is CC(C)(C)[C@@H]1CCC[N]1. The fourth-order valence-corrected chi connectivity index (χ4v) is 1.33. The summed E-state index contributed by atoms with van der Waals surface area (Å²) in [6, 6.07) is 0.637. The molecule has 1 aliphatic heterocycles. The highest BCUT2D eigenvalue weighted by Gasteiger charge is 2.27. The highest BCUT2D eigenvalue weighted by molar-refractivity contribution is 4.84. The van der Waals surface area contributed by atoms with Crippen molar-refractivity contribution in [2.75, 3.05) is 6.54 Å². The van der Waals surface area contributed by atoms with Gasteiger partial charge in [0.2, 0.25) is 0 Å². The van der Waals surface area contributed by atoms with Crippen molar-refractivity contribution >= 4 is 0 Å². The van der Waals surface area contributed by atoms with E-state index in [1.807, 2.05) is 0 Å². The minimum absolute atomic E-state index is 0.413. The Hall–Kier alpha value is -0.0400. The second kappa shape index (κ2) is 2.30. The van der Waals surface area contributed by atoms with E-state index in [1.54, 1.807) is 0 Å². The molecule has 1 saturated heterocycles. The summed E-state index contributed by atoms with van der Waals surface area (Å²) in [6.45, 7) is 7.91. The van der Waals surface area contributed by atoms with Gasteiger partial charge in [-0.15, -0.1) is 0 Å². The quantitative estimate of drug-likeness (QED) is 0.470. The van der Waals surface area contributed by atoms with E-state index in [9.17, 15) is 0 Å². The van der Waals surface area contributed by atoms with Gasteiger partial charge >= 0.3 is 0 Å². The van der Waals surface area contributed by atoms with Gasteiger partial charge in [0.1, 0.15) is 0 Å². The second-order valence-corrected chi connectivity index (χ2v) is 3.93. The molecular weight excluding hydrogens is 110 g/mol. The van der Waals surface area contributed by atoms with Crippen LogP contribution in [0.15, 0.2) is 0 Å². The molecule has 0 aromatic rings. The number of hydrogen-bond donors (Lipinski definition) is 0. The summed E-state index contributed by atoms with van der Waals surface area (Å²) >= 11 is 0. The molecule has 0 amide bonds. The Bertz CT molecular complexity index is 85.2. The molecule has 0 unspecified atom stereocenters. The monoisotopic (exact) mass is 126 g/mol. The largest absolute Gasteiger partial charge is 0.238 e. The zero-order chi connectivity index (χ0) is 6.91. The minimum Gasteiger partial charge on any atom is -0.238 e. The molecule has 1 rings (SSSR count). The summed E-state index contributed by atoms with van der Waals surface area (Å²) < 4.78 is 0. The smallest absolute Gasteiger partial charge is 0.0294 e. The van der Waals surface area contributed by atoms with Crippen LogP contribution in [0.2, 0.25) is 0 Å². The lowest BCUT2D eigenvalue weighted by Gasteiger charge is -2.25. The Labute approximate surface area is 57.8 Å². The van der Waals surface area contributed by atoms with Gasteiger partial charge in [-0.3, -0.25) is 0 Å². The van der Waals surface area contributed by atoms with Crippen LogP contribution in [0.25, 0.3) is 0 Å². The van der Waals surface area contributed by atoms with Crippen molar-refractivity contribution in [3.05, 3.63) is 0 Å². The van der Waals surface area contributed by atoms with Crippen molar-refractivity contribution < 1.29 is 0 Å². The fraction of sp³-hybridized carbons (Fsp3) is 1.00. The zero-order valence-electron chi connectivity index (χ0n) is 6.65. The summed E-state index contributed by atoms with van der Waals surface area (Å²) in [5, 5.41) is 4.51. The standard InChI is InChI=1S/C8H16N/c1-8(2,3)7-5-4-6-9-7/h7H,4-6H2,1-3H3/t7-/m0/s1. The van der Waals surface area contributed by atoms with E-state index in [0.29, 0.717) is 11.5 Å². The Morgan fingerprint density at radius 2 is 2.00 bits per heavy atom. The molecule has 0 bridgehead atoms. The van der Waals surface area contributed by atoms with E-state index in [-0.39, 0.29) is 0 Å². The molecule has 0 aromatic carbocycles. The molecule has 1 radical (unpaired) electrons. The summed E-state index contributed by atoms with van der Waals surface area (Å²) in [5.74, 6) is 0. The molecule has 1 nitrogen and oxygen atoms in total. The van der Waals surface area contributed by atoms with E-state index in [4.69, 9.17) is 0 Å². The van der Waals surface area contributed by atoms with Crippen LogP contribution in [0.1, 0.15) is 33.6 Å². The highest BCUT2D eigenvalue weighted by atomic mass is 14.9. The average Bonchev–Trinajstić information content (AvgIpc) is 2.08. The van der Waals surface area contributed by atoms with Gasteiger partial charge < -0.3 is 0 Å². The normalized spacial score (nSPS) is 29.0. The van der Waals surface area contributed by atoms with Crippen molar-refractivity contribution in [1.29, 1.82) is 0 Å². The van der Waals surface area contributed by atoms with Gasteiger partial charge in [0.15, 0.2) is 0 Å². The fourth-order valence-electron chi connectivity index (χ4n) is 1.33. The third-order valence-electron chi connectivity index (χ3n) is 1.98. The molecular formula is C8H16N. The lowest BCUT2D eigenvalue weighted by molar-refractivity contribution is 0.291. The lowest BCUT2D eigenvalue weighted by atomic mass is 9.86. The maximum atomic E-state index is 4.51. The Morgan fingerprint density at radius 1 is 1.33 bits per heavy atom. The van der Waals surface area contributed by atoms with E-state index >= 15 is 0 Å². The maximum absolute atomic E-state index is 4.51. The van der Waals surface area contributed by atoms with Crippen LogP contribution in [0, 0.1) is 5.41 Å². The van der Waals surface area contributed by atoms with Gasteiger partial charge in [-0.2, -0.15) is 0 Å². The molecule has 9 heavy (non-hydrogen) atoms. The first-order valence-corrected chi connectivity index (χ1v) is 3.77. The maximum Gasteiger partial charge on any atom is 0.0294 e. The molecule has 1 atom stereocenters. The first-order chi connectivity index (χ1) is 4.11. The van der Waals surface area contributed by atoms with Crippen LogP contribution in [-0.4, -0.2) is 12.6 Å². The van der Waals surface area contributed by atoms with Gasteiger partial charge in [-0.25, -0.2) is 5.32 Å². The molecule has 0 N–H and O–H groups in total. The predicted octanol–water partition coefficient (Wildman–Crippen LogP) is 1.80. The van der Waals surface area contributed by atoms with Crippen LogP contribution >= 0.6 is 0 Å². The van der Waals surface area contributed by atoms with Gasteiger partial charge in [-0.1, -0.05) is 20.8 Å². The zero-order valence-corrected chi connectivity index (χ0v) is 6.65. The minimum atomic E-state index is 0.413. The van der Waals surface area contributed by atoms with Crippen molar-refractivity contribution in [1.82, 2.24) is 5.32 Å². The topological polar surface area (TPSA) is 14.1 Å². The van der Waals surface area contributed by atoms with Crippen molar-refractivity contribution in [3.63, 3.8) is 0 Å². The van der Waals surface area contributed by atoms with Gasteiger partial charge in [-0.05, 0) is 18.3 Å². The molecule has 0 spiro atoms. The van der Waals surface area contributed by atoms with Crippen molar-refractivity contribution in [2.24, 2.45) is 5.41 Å². The number of hydrogen-bond acceptors (Lipinski definition) is 0. The summed E-state index contributed by atoms with van der Waals surface area (Å²) in [6.07, 6.45) is 2.62. The molecule has 53 valence electrons. The summed E-state index contributed by atoms with van der Waals surface area (Å²) in [4.78, 5) is 0. The third kappa shape index (κ3) is 1.68. The molecule has 1 heterocycles. The van der Waals surface area contributed by atoms with E-state index in [2.05, 4.69) is 26.1 Å². The molecule has 0 aromatic heterocycles. The summed E-state index contributed by atoms with van der Waals surface area (Å²) in [5.41, 5.74) is 0.413. The number of nitrogens with zero attached hydrogens (tertiary/aromatic N) is 1. The Balaban J connectivity index is 2.42. The van der Waals surface area contributed by atoms with Gasteiger partial charge in [0.25, 0.3) is 0 Å².